The minimum atomic E-state index is -1.18. The van der Waals surface area contributed by atoms with Crippen LogP contribution in [0.3, 0.4) is 0 Å². The lowest BCUT2D eigenvalue weighted by Crippen LogP contribution is -2.31. The van der Waals surface area contributed by atoms with E-state index < -0.39 is 17.3 Å². The van der Waals surface area contributed by atoms with E-state index in [0.29, 0.717) is 24.4 Å². The smallest absolute Gasteiger partial charge is 0.319 e. The van der Waals surface area contributed by atoms with Crippen molar-refractivity contribution in [3.05, 3.63) is 29.8 Å². The average molecular weight is 247 g/mol. The molecular weight excluding hydrogens is 230 g/mol. The molecule has 0 bridgehead atoms. The molecule has 2 rings (SSSR count). The van der Waals surface area contributed by atoms with E-state index in [9.17, 15) is 9.59 Å². The predicted octanol–water partition coefficient (Wildman–Crippen LogP) is 2.61. The molecule has 0 aliphatic heterocycles. The van der Waals surface area contributed by atoms with Gasteiger partial charge >= 0.3 is 5.97 Å². The van der Waals surface area contributed by atoms with Gasteiger partial charge in [0.25, 0.3) is 0 Å². The van der Waals surface area contributed by atoms with Crippen molar-refractivity contribution in [1.82, 2.24) is 0 Å². The van der Waals surface area contributed by atoms with Crippen molar-refractivity contribution in [3.63, 3.8) is 0 Å². The van der Waals surface area contributed by atoms with E-state index >= 15 is 0 Å². The molecule has 0 heterocycles. The number of hydrogen-bond donors (Lipinski definition) is 2. The first-order valence-corrected chi connectivity index (χ1v) is 6.10. The maximum atomic E-state index is 11.9. The molecule has 1 aliphatic rings. The molecule has 1 fully saturated rings. The fourth-order valence-electron chi connectivity index (χ4n) is 1.87. The molecular formula is C14H17NO3. The van der Waals surface area contributed by atoms with E-state index in [-0.39, 0.29) is 0 Å². The van der Waals surface area contributed by atoms with Gasteiger partial charge in [-0.05, 0) is 36.5 Å². The molecule has 0 radical (unpaired) electrons. The van der Waals surface area contributed by atoms with Gasteiger partial charge in [0.1, 0.15) is 5.41 Å². The Balaban J connectivity index is 2.06. The first-order chi connectivity index (χ1) is 8.45. The monoisotopic (exact) mass is 247 g/mol. The molecule has 0 spiro atoms. The molecule has 0 saturated heterocycles. The number of amides is 1. The van der Waals surface area contributed by atoms with Crippen LogP contribution in [0.5, 0.6) is 0 Å². The molecule has 0 aromatic heterocycles. The van der Waals surface area contributed by atoms with Gasteiger partial charge in [-0.3, -0.25) is 9.59 Å². The highest BCUT2D eigenvalue weighted by atomic mass is 16.4. The van der Waals surface area contributed by atoms with Crippen LogP contribution in [0.15, 0.2) is 24.3 Å². The number of carboxylic acids is 1. The third kappa shape index (κ3) is 2.23. The Bertz CT molecular complexity index is 472. The first kappa shape index (κ1) is 12.6. The molecule has 4 heteroatoms. The van der Waals surface area contributed by atoms with Crippen LogP contribution in [-0.4, -0.2) is 17.0 Å². The number of carbonyl (C=O) groups excluding carboxylic acids is 1. The van der Waals surface area contributed by atoms with Crippen LogP contribution in [0.2, 0.25) is 0 Å². The summed E-state index contributed by atoms with van der Waals surface area (Å²) < 4.78 is 0. The highest BCUT2D eigenvalue weighted by Crippen LogP contribution is 2.46. The molecule has 1 amide bonds. The molecule has 1 saturated carbocycles. The van der Waals surface area contributed by atoms with Gasteiger partial charge in [-0.1, -0.05) is 26.0 Å². The summed E-state index contributed by atoms with van der Waals surface area (Å²) in [6, 6.07) is 7.51. The highest BCUT2D eigenvalue weighted by Gasteiger charge is 2.57. The van der Waals surface area contributed by atoms with Crippen LogP contribution < -0.4 is 5.32 Å². The molecule has 1 aliphatic carbocycles. The third-order valence-electron chi connectivity index (χ3n) is 3.43. The van der Waals surface area contributed by atoms with Gasteiger partial charge in [-0.15, -0.1) is 0 Å². The molecule has 2 N–H and O–H groups in total. The van der Waals surface area contributed by atoms with E-state index in [1.807, 2.05) is 24.3 Å². The number of aliphatic carboxylic acids is 1. The first-order valence-electron chi connectivity index (χ1n) is 6.10. The Labute approximate surface area is 106 Å². The van der Waals surface area contributed by atoms with Gasteiger partial charge in [0.05, 0.1) is 0 Å². The summed E-state index contributed by atoms with van der Waals surface area (Å²) in [6.45, 7) is 4.19. The largest absolute Gasteiger partial charge is 0.480 e. The summed E-state index contributed by atoms with van der Waals surface area (Å²) in [5.41, 5.74) is 0.653. The predicted molar refractivity (Wildman–Crippen MR) is 68.5 cm³/mol. The number of nitrogens with one attached hydrogen (secondary N) is 1. The lowest BCUT2D eigenvalue weighted by atomic mass is 10.0. The van der Waals surface area contributed by atoms with Crippen LogP contribution in [0.4, 0.5) is 5.69 Å². The van der Waals surface area contributed by atoms with E-state index in [2.05, 4.69) is 19.2 Å². The Hall–Kier alpha value is -1.84. The fraction of sp³-hybridized carbons (Fsp3) is 0.429. The summed E-state index contributed by atoms with van der Waals surface area (Å²) in [6.07, 6.45) is 0.858. The second-order valence-corrected chi connectivity index (χ2v) is 5.12. The van der Waals surface area contributed by atoms with Crippen molar-refractivity contribution in [1.29, 1.82) is 0 Å². The van der Waals surface area contributed by atoms with E-state index in [4.69, 9.17) is 5.11 Å². The van der Waals surface area contributed by atoms with E-state index in [0.717, 1.165) is 0 Å². The number of benzene rings is 1. The molecule has 18 heavy (non-hydrogen) atoms. The lowest BCUT2D eigenvalue weighted by Gasteiger charge is -2.12. The van der Waals surface area contributed by atoms with E-state index in [1.54, 1.807) is 0 Å². The van der Waals surface area contributed by atoms with E-state index in [1.165, 1.54) is 5.56 Å². The molecule has 1 aromatic carbocycles. The number of carbonyl (C=O) groups is 2. The van der Waals surface area contributed by atoms with Crippen molar-refractivity contribution in [2.75, 3.05) is 5.32 Å². The zero-order chi connectivity index (χ0) is 13.3. The second kappa shape index (κ2) is 4.44. The zero-order valence-electron chi connectivity index (χ0n) is 10.6. The van der Waals surface area contributed by atoms with Gasteiger partial charge < -0.3 is 10.4 Å². The van der Waals surface area contributed by atoms with Gasteiger partial charge in [-0.25, -0.2) is 0 Å². The van der Waals surface area contributed by atoms with Crippen molar-refractivity contribution < 1.29 is 14.7 Å². The average Bonchev–Trinajstić information content (AvgIpc) is 3.10. The maximum absolute atomic E-state index is 11.9. The van der Waals surface area contributed by atoms with Crippen molar-refractivity contribution in [2.45, 2.75) is 32.6 Å². The van der Waals surface area contributed by atoms with Gasteiger partial charge in [0, 0.05) is 5.69 Å². The lowest BCUT2D eigenvalue weighted by molar-refractivity contribution is -0.147. The van der Waals surface area contributed by atoms with Gasteiger partial charge in [0.15, 0.2) is 0 Å². The summed E-state index contributed by atoms with van der Waals surface area (Å²) in [5, 5.41) is 11.7. The quantitative estimate of drug-likeness (QED) is 0.804. The van der Waals surface area contributed by atoms with Crippen LogP contribution in [0, 0.1) is 5.41 Å². The fourth-order valence-corrected chi connectivity index (χ4v) is 1.87. The molecule has 0 atom stereocenters. The topological polar surface area (TPSA) is 66.4 Å². The normalized spacial score (nSPS) is 16.4. The van der Waals surface area contributed by atoms with Crippen molar-refractivity contribution in [2.24, 2.45) is 5.41 Å². The van der Waals surface area contributed by atoms with Crippen molar-refractivity contribution in [3.8, 4) is 0 Å². The molecule has 0 unspecified atom stereocenters. The molecule has 1 aromatic rings. The minimum absolute atomic E-state index is 0.410. The maximum Gasteiger partial charge on any atom is 0.319 e. The van der Waals surface area contributed by atoms with Crippen LogP contribution >= 0.6 is 0 Å². The summed E-state index contributed by atoms with van der Waals surface area (Å²) in [5.74, 6) is -1.00. The van der Waals surface area contributed by atoms with Gasteiger partial charge in [0.2, 0.25) is 5.91 Å². The van der Waals surface area contributed by atoms with Gasteiger partial charge in [-0.2, -0.15) is 0 Å². The van der Waals surface area contributed by atoms with Crippen LogP contribution in [0.25, 0.3) is 0 Å². The summed E-state index contributed by atoms with van der Waals surface area (Å²) in [7, 11) is 0. The van der Waals surface area contributed by atoms with Crippen molar-refractivity contribution >= 4 is 17.6 Å². The number of carboxylic acid groups (broad SMARTS) is 1. The molecule has 96 valence electrons. The Kier molecular flexibility index (Phi) is 3.11. The number of hydrogen-bond acceptors (Lipinski definition) is 2. The summed E-state index contributed by atoms with van der Waals surface area (Å²) in [4.78, 5) is 22.9. The number of rotatable bonds is 4. The third-order valence-corrected chi connectivity index (χ3v) is 3.43. The number of anilines is 1. The Morgan fingerprint density at radius 1 is 1.22 bits per heavy atom. The zero-order valence-corrected chi connectivity index (χ0v) is 10.6. The SMILES string of the molecule is CC(C)c1ccc(NC(=O)C2(C(=O)O)CC2)cc1. The second-order valence-electron chi connectivity index (χ2n) is 5.12. The summed E-state index contributed by atoms with van der Waals surface area (Å²) >= 11 is 0. The minimum Gasteiger partial charge on any atom is -0.480 e. The molecule has 4 nitrogen and oxygen atoms in total. The standard InChI is InChI=1S/C14H17NO3/c1-9(2)10-3-5-11(6-4-10)15-12(16)14(7-8-14)13(17)18/h3-6,9H,7-8H2,1-2H3,(H,15,16)(H,17,18). The van der Waals surface area contributed by atoms with Crippen LogP contribution in [-0.2, 0) is 9.59 Å². The Morgan fingerprint density at radius 3 is 2.17 bits per heavy atom. The van der Waals surface area contributed by atoms with Crippen LogP contribution in [0.1, 0.15) is 38.2 Å². The Morgan fingerprint density at radius 2 is 1.78 bits per heavy atom. The highest BCUT2D eigenvalue weighted by molar-refractivity contribution is 6.10.